The van der Waals surface area contributed by atoms with Gasteiger partial charge in [-0.2, -0.15) is 4.98 Å². The van der Waals surface area contributed by atoms with Gasteiger partial charge in [-0.1, -0.05) is 24.9 Å². The fourth-order valence-corrected chi connectivity index (χ4v) is 1.67. The Bertz CT molecular complexity index is 353. The second kappa shape index (κ2) is 5.32. The van der Waals surface area contributed by atoms with Crippen molar-refractivity contribution in [3.05, 3.63) is 11.2 Å². The first kappa shape index (κ1) is 13.0. The van der Waals surface area contributed by atoms with E-state index >= 15 is 0 Å². The molecule has 1 heterocycles. The standard InChI is InChI=1S/C10H18ClN5/c1-4-5-10(2,3)15-8-7(11)6-13-9(14-8)16-12/h6H,4-5,12H2,1-3H3,(H2,13,14,15,16). The second-order valence-electron chi connectivity index (χ2n) is 4.29. The summed E-state index contributed by atoms with van der Waals surface area (Å²) in [5.74, 6) is 6.19. The summed E-state index contributed by atoms with van der Waals surface area (Å²) in [4.78, 5) is 8.08. The third-order valence-electron chi connectivity index (χ3n) is 2.20. The summed E-state index contributed by atoms with van der Waals surface area (Å²) in [5.41, 5.74) is 2.33. The van der Waals surface area contributed by atoms with Crippen molar-refractivity contribution in [2.45, 2.75) is 39.2 Å². The minimum atomic E-state index is -0.0569. The number of halogens is 1. The molecule has 0 radical (unpaired) electrons. The normalized spacial score (nSPS) is 11.3. The minimum absolute atomic E-state index is 0.0569. The fourth-order valence-electron chi connectivity index (χ4n) is 1.53. The molecule has 1 aromatic heterocycles. The zero-order chi connectivity index (χ0) is 12.2. The van der Waals surface area contributed by atoms with Crippen molar-refractivity contribution in [1.82, 2.24) is 9.97 Å². The van der Waals surface area contributed by atoms with Gasteiger partial charge in [0.25, 0.3) is 0 Å². The highest BCUT2D eigenvalue weighted by Crippen LogP contribution is 2.24. The van der Waals surface area contributed by atoms with Crippen LogP contribution in [0.2, 0.25) is 5.02 Å². The van der Waals surface area contributed by atoms with E-state index in [9.17, 15) is 0 Å². The van der Waals surface area contributed by atoms with E-state index in [1.54, 1.807) is 0 Å². The molecule has 0 aliphatic rings. The molecule has 1 aromatic rings. The van der Waals surface area contributed by atoms with E-state index in [-0.39, 0.29) is 5.54 Å². The van der Waals surface area contributed by atoms with Gasteiger partial charge in [0.1, 0.15) is 5.02 Å². The average molecular weight is 244 g/mol. The molecule has 0 saturated carbocycles. The van der Waals surface area contributed by atoms with E-state index in [0.717, 1.165) is 12.8 Å². The molecule has 0 atom stereocenters. The summed E-state index contributed by atoms with van der Waals surface area (Å²) in [5, 5.41) is 3.77. The maximum atomic E-state index is 6.00. The van der Waals surface area contributed by atoms with Gasteiger partial charge < -0.3 is 5.32 Å². The number of nitrogens with one attached hydrogen (secondary N) is 2. The second-order valence-corrected chi connectivity index (χ2v) is 4.70. The van der Waals surface area contributed by atoms with E-state index in [4.69, 9.17) is 17.4 Å². The SMILES string of the molecule is CCCC(C)(C)Nc1nc(NN)ncc1Cl. The molecule has 5 nitrogen and oxygen atoms in total. The molecule has 0 aliphatic carbocycles. The largest absolute Gasteiger partial charge is 0.364 e. The van der Waals surface area contributed by atoms with Crippen LogP contribution in [0.4, 0.5) is 11.8 Å². The summed E-state index contributed by atoms with van der Waals surface area (Å²) in [7, 11) is 0. The maximum absolute atomic E-state index is 6.00. The predicted octanol–water partition coefficient (Wildman–Crippen LogP) is 2.41. The van der Waals surface area contributed by atoms with Crippen LogP contribution >= 0.6 is 11.6 Å². The smallest absolute Gasteiger partial charge is 0.239 e. The number of nitrogens with two attached hydrogens (primary N) is 1. The van der Waals surface area contributed by atoms with Crippen LogP contribution in [-0.2, 0) is 0 Å². The Morgan fingerprint density at radius 2 is 2.19 bits per heavy atom. The number of aromatic nitrogens is 2. The molecule has 0 saturated heterocycles. The number of nitrogen functional groups attached to an aromatic ring is 1. The van der Waals surface area contributed by atoms with Crippen LogP contribution < -0.4 is 16.6 Å². The van der Waals surface area contributed by atoms with Crippen molar-refractivity contribution in [3.8, 4) is 0 Å². The monoisotopic (exact) mass is 243 g/mol. The predicted molar refractivity (Wildman–Crippen MR) is 67.5 cm³/mol. The molecule has 6 heteroatoms. The van der Waals surface area contributed by atoms with Gasteiger partial charge in [-0.3, -0.25) is 5.43 Å². The number of hydrogen-bond acceptors (Lipinski definition) is 5. The minimum Gasteiger partial charge on any atom is -0.364 e. The number of hydrazine groups is 1. The van der Waals surface area contributed by atoms with Crippen molar-refractivity contribution < 1.29 is 0 Å². The van der Waals surface area contributed by atoms with Gasteiger partial charge in [0.2, 0.25) is 5.95 Å². The molecule has 0 spiro atoms. The lowest BCUT2D eigenvalue weighted by atomic mass is 9.99. The number of nitrogens with zero attached hydrogens (tertiary/aromatic N) is 2. The lowest BCUT2D eigenvalue weighted by Crippen LogP contribution is -2.31. The van der Waals surface area contributed by atoms with Gasteiger partial charge >= 0.3 is 0 Å². The quantitative estimate of drug-likeness (QED) is 0.547. The molecule has 0 unspecified atom stereocenters. The lowest BCUT2D eigenvalue weighted by molar-refractivity contribution is 0.509. The van der Waals surface area contributed by atoms with E-state index in [1.807, 2.05) is 0 Å². The molecule has 0 aromatic carbocycles. The zero-order valence-electron chi connectivity index (χ0n) is 9.84. The fraction of sp³-hybridized carbons (Fsp3) is 0.600. The summed E-state index contributed by atoms with van der Waals surface area (Å²) in [6.07, 6.45) is 3.64. The number of hydrogen-bond donors (Lipinski definition) is 3. The van der Waals surface area contributed by atoms with E-state index in [0.29, 0.717) is 16.8 Å². The van der Waals surface area contributed by atoms with Crippen LogP contribution in [-0.4, -0.2) is 15.5 Å². The number of rotatable bonds is 5. The summed E-state index contributed by atoms with van der Waals surface area (Å²) in [6.45, 7) is 6.34. The van der Waals surface area contributed by atoms with E-state index in [2.05, 4.69) is 41.5 Å². The van der Waals surface area contributed by atoms with Crippen LogP contribution in [0, 0.1) is 0 Å². The summed E-state index contributed by atoms with van der Waals surface area (Å²) in [6, 6.07) is 0. The third-order valence-corrected chi connectivity index (χ3v) is 2.48. The topological polar surface area (TPSA) is 75.9 Å². The number of anilines is 2. The van der Waals surface area contributed by atoms with Crippen molar-refractivity contribution in [1.29, 1.82) is 0 Å². The summed E-state index contributed by atoms with van der Waals surface area (Å²) < 4.78 is 0. The molecule has 0 bridgehead atoms. The van der Waals surface area contributed by atoms with Gasteiger partial charge in [0.15, 0.2) is 5.82 Å². The van der Waals surface area contributed by atoms with Crippen molar-refractivity contribution >= 4 is 23.4 Å². The lowest BCUT2D eigenvalue weighted by Gasteiger charge is -2.26. The Labute approximate surface area is 101 Å². The van der Waals surface area contributed by atoms with Gasteiger partial charge in [-0.15, -0.1) is 0 Å². The van der Waals surface area contributed by atoms with E-state index < -0.39 is 0 Å². The first-order valence-electron chi connectivity index (χ1n) is 5.26. The highest BCUT2D eigenvalue weighted by Gasteiger charge is 2.18. The van der Waals surface area contributed by atoms with Crippen molar-refractivity contribution in [2.24, 2.45) is 5.84 Å². The van der Waals surface area contributed by atoms with Crippen LogP contribution in [0.15, 0.2) is 6.20 Å². The molecule has 90 valence electrons. The molecular formula is C10H18ClN5. The Morgan fingerprint density at radius 1 is 1.50 bits per heavy atom. The molecule has 0 fully saturated rings. The third kappa shape index (κ3) is 3.50. The molecular weight excluding hydrogens is 226 g/mol. The first-order chi connectivity index (χ1) is 7.48. The van der Waals surface area contributed by atoms with Crippen molar-refractivity contribution in [3.63, 3.8) is 0 Å². The highest BCUT2D eigenvalue weighted by molar-refractivity contribution is 6.32. The van der Waals surface area contributed by atoms with Crippen molar-refractivity contribution in [2.75, 3.05) is 10.7 Å². The van der Waals surface area contributed by atoms with Gasteiger partial charge in [-0.05, 0) is 20.3 Å². The van der Waals surface area contributed by atoms with Gasteiger partial charge in [0, 0.05) is 5.54 Å². The average Bonchev–Trinajstić information content (AvgIpc) is 2.21. The molecule has 0 aliphatic heterocycles. The highest BCUT2D eigenvalue weighted by atomic mass is 35.5. The Hall–Kier alpha value is -1.07. The Morgan fingerprint density at radius 3 is 2.75 bits per heavy atom. The van der Waals surface area contributed by atoms with Crippen LogP contribution in [0.1, 0.15) is 33.6 Å². The summed E-state index contributed by atoms with van der Waals surface area (Å²) >= 11 is 6.00. The van der Waals surface area contributed by atoms with Crippen LogP contribution in [0.25, 0.3) is 0 Å². The van der Waals surface area contributed by atoms with E-state index in [1.165, 1.54) is 6.20 Å². The molecule has 16 heavy (non-hydrogen) atoms. The zero-order valence-corrected chi connectivity index (χ0v) is 10.6. The van der Waals surface area contributed by atoms with Crippen LogP contribution in [0.3, 0.4) is 0 Å². The molecule has 0 amide bonds. The van der Waals surface area contributed by atoms with Gasteiger partial charge in [-0.25, -0.2) is 10.8 Å². The first-order valence-corrected chi connectivity index (χ1v) is 5.63. The Kier molecular flexibility index (Phi) is 4.32. The molecule has 4 N–H and O–H groups in total. The Balaban J connectivity index is 2.87. The van der Waals surface area contributed by atoms with Crippen LogP contribution in [0.5, 0.6) is 0 Å². The molecule has 1 rings (SSSR count). The van der Waals surface area contributed by atoms with Gasteiger partial charge in [0.05, 0.1) is 6.20 Å². The maximum Gasteiger partial charge on any atom is 0.239 e.